The van der Waals surface area contributed by atoms with E-state index in [4.69, 9.17) is 0 Å². The van der Waals surface area contributed by atoms with Crippen LogP contribution in [0.2, 0.25) is 0 Å². The van der Waals surface area contributed by atoms with E-state index in [0.29, 0.717) is 23.1 Å². The Labute approximate surface area is 173 Å². The minimum Gasteiger partial charge on any atom is -0.338 e. The van der Waals surface area contributed by atoms with Crippen molar-refractivity contribution in [1.29, 1.82) is 0 Å². The van der Waals surface area contributed by atoms with Gasteiger partial charge in [-0.1, -0.05) is 19.9 Å². The van der Waals surface area contributed by atoms with Crippen LogP contribution in [-0.2, 0) is 0 Å². The largest absolute Gasteiger partial charge is 0.347 e. The lowest BCUT2D eigenvalue weighted by molar-refractivity contribution is 0.0623. The maximum absolute atomic E-state index is 13.0. The second-order valence-electron chi connectivity index (χ2n) is 8.28. The van der Waals surface area contributed by atoms with Crippen LogP contribution in [0.3, 0.4) is 0 Å². The highest BCUT2D eigenvalue weighted by molar-refractivity contribution is 6.09. The van der Waals surface area contributed by atoms with Crippen molar-refractivity contribution in [2.45, 2.75) is 27.2 Å². The standard InChI is InChI=1S/C22H25N5O3/c1-13-9-14(2)12-26(11-13)21(29)16-7-6-15(3)18(10-16)23-20(28)17-5-4-8-27-19(17)24-25-22(27)30/h4-8,10,13-14H,9,11-12H2,1-3H3,(H,23,28)(H,25,30). The fourth-order valence-electron chi connectivity index (χ4n) is 4.20. The van der Waals surface area contributed by atoms with E-state index in [-0.39, 0.29) is 17.1 Å². The number of nitrogens with one attached hydrogen (secondary N) is 2. The van der Waals surface area contributed by atoms with Gasteiger partial charge in [0.2, 0.25) is 0 Å². The molecular weight excluding hydrogens is 382 g/mol. The van der Waals surface area contributed by atoms with Gasteiger partial charge < -0.3 is 10.2 Å². The van der Waals surface area contributed by atoms with E-state index in [9.17, 15) is 14.4 Å². The van der Waals surface area contributed by atoms with Gasteiger partial charge in [-0.3, -0.25) is 9.59 Å². The Hall–Kier alpha value is -3.42. The van der Waals surface area contributed by atoms with E-state index in [1.165, 1.54) is 4.40 Å². The predicted molar refractivity (Wildman–Crippen MR) is 114 cm³/mol. The summed E-state index contributed by atoms with van der Waals surface area (Å²) in [6, 6.07) is 8.57. The summed E-state index contributed by atoms with van der Waals surface area (Å²) < 4.78 is 1.28. The van der Waals surface area contributed by atoms with E-state index >= 15 is 0 Å². The normalized spacial score (nSPS) is 19.1. The van der Waals surface area contributed by atoms with E-state index in [2.05, 4.69) is 29.4 Å². The van der Waals surface area contributed by atoms with E-state index in [0.717, 1.165) is 25.1 Å². The molecule has 2 N–H and O–H groups in total. The number of piperidine rings is 1. The molecule has 3 aromatic rings. The molecule has 0 saturated carbocycles. The Balaban J connectivity index is 1.60. The van der Waals surface area contributed by atoms with Gasteiger partial charge in [0.25, 0.3) is 11.8 Å². The number of aromatic amines is 1. The van der Waals surface area contributed by atoms with Crippen LogP contribution in [0.5, 0.6) is 0 Å². The van der Waals surface area contributed by atoms with Gasteiger partial charge in [0.1, 0.15) is 0 Å². The van der Waals surface area contributed by atoms with Crippen LogP contribution < -0.4 is 11.0 Å². The summed E-state index contributed by atoms with van der Waals surface area (Å²) in [6.07, 6.45) is 2.67. The number of fused-ring (bicyclic) bond motifs is 1. The summed E-state index contributed by atoms with van der Waals surface area (Å²) >= 11 is 0. The van der Waals surface area contributed by atoms with Crippen LogP contribution in [-0.4, -0.2) is 44.4 Å². The molecule has 1 saturated heterocycles. The Morgan fingerprint density at radius 3 is 2.63 bits per heavy atom. The minimum absolute atomic E-state index is 0.0233. The summed E-state index contributed by atoms with van der Waals surface area (Å²) in [4.78, 5) is 39.6. The molecule has 0 aliphatic carbocycles. The number of likely N-dealkylation sites (tertiary alicyclic amines) is 1. The van der Waals surface area contributed by atoms with Crippen molar-refractivity contribution in [3.05, 3.63) is 63.7 Å². The number of H-pyrrole nitrogens is 1. The summed E-state index contributed by atoms with van der Waals surface area (Å²) in [5.74, 6) is 0.525. The summed E-state index contributed by atoms with van der Waals surface area (Å²) in [6.45, 7) is 7.69. The second kappa shape index (κ2) is 7.78. The molecule has 1 aliphatic heterocycles. The lowest BCUT2D eigenvalue weighted by atomic mass is 9.91. The minimum atomic E-state index is -0.409. The molecule has 1 aromatic carbocycles. The van der Waals surface area contributed by atoms with Gasteiger partial charge in [0.15, 0.2) is 5.65 Å². The maximum Gasteiger partial charge on any atom is 0.347 e. The van der Waals surface area contributed by atoms with Gasteiger partial charge in [0.05, 0.1) is 5.56 Å². The average Bonchev–Trinajstić information content (AvgIpc) is 3.09. The van der Waals surface area contributed by atoms with Crippen LogP contribution in [0.1, 0.15) is 46.5 Å². The molecule has 1 aliphatic rings. The lowest BCUT2D eigenvalue weighted by Gasteiger charge is -2.35. The summed E-state index contributed by atoms with van der Waals surface area (Å²) in [5.41, 5.74) is 2.06. The van der Waals surface area contributed by atoms with Crippen molar-refractivity contribution in [3.8, 4) is 0 Å². The van der Waals surface area contributed by atoms with Gasteiger partial charge in [-0.2, -0.15) is 5.10 Å². The molecule has 4 rings (SSSR count). The first kappa shape index (κ1) is 19.9. The number of nitrogens with zero attached hydrogens (tertiary/aromatic N) is 3. The Morgan fingerprint density at radius 1 is 1.17 bits per heavy atom. The zero-order valence-corrected chi connectivity index (χ0v) is 17.3. The maximum atomic E-state index is 13.0. The van der Waals surface area contributed by atoms with Gasteiger partial charge in [-0.05, 0) is 55.0 Å². The van der Waals surface area contributed by atoms with Crippen molar-refractivity contribution >= 4 is 23.1 Å². The molecule has 0 spiro atoms. The first-order valence-electron chi connectivity index (χ1n) is 10.1. The Bertz CT molecular complexity index is 1170. The van der Waals surface area contributed by atoms with Crippen molar-refractivity contribution in [2.24, 2.45) is 11.8 Å². The van der Waals surface area contributed by atoms with E-state index in [1.807, 2.05) is 17.9 Å². The third-order valence-corrected chi connectivity index (χ3v) is 5.58. The lowest BCUT2D eigenvalue weighted by Crippen LogP contribution is -2.42. The van der Waals surface area contributed by atoms with E-state index in [1.54, 1.807) is 30.5 Å². The molecule has 2 unspecified atom stereocenters. The number of aromatic nitrogens is 3. The molecule has 1 fully saturated rings. The molecule has 156 valence electrons. The fraction of sp³-hybridized carbons (Fsp3) is 0.364. The van der Waals surface area contributed by atoms with Crippen LogP contribution in [0.15, 0.2) is 41.3 Å². The molecule has 8 nitrogen and oxygen atoms in total. The molecule has 30 heavy (non-hydrogen) atoms. The van der Waals surface area contributed by atoms with Crippen LogP contribution in [0.4, 0.5) is 5.69 Å². The van der Waals surface area contributed by atoms with Crippen LogP contribution in [0.25, 0.3) is 5.65 Å². The highest BCUT2D eigenvalue weighted by Gasteiger charge is 2.26. The van der Waals surface area contributed by atoms with Gasteiger partial charge in [-0.25, -0.2) is 14.3 Å². The van der Waals surface area contributed by atoms with Crippen molar-refractivity contribution in [3.63, 3.8) is 0 Å². The molecule has 2 atom stereocenters. The molecule has 0 bridgehead atoms. The second-order valence-corrected chi connectivity index (χ2v) is 8.28. The topological polar surface area (TPSA) is 99.6 Å². The predicted octanol–water partition coefficient (Wildman–Crippen LogP) is 2.70. The number of benzene rings is 1. The molecule has 2 amide bonds. The van der Waals surface area contributed by atoms with Crippen molar-refractivity contribution in [1.82, 2.24) is 19.5 Å². The molecule has 3 heterocycles. The zero-order valence-electron chi connectivity index (χ0n) is 17.3. The zero-order chi connectivity index (χ0) is 21.4. The monoisotopic (exact) mass is 407 g/mol. The fourth-order valence-corrected chi connectivity index (χ4v) is 4.20. The number of pyridine rings is 1. The molecule has 8 heteroatoms. The first-order chi connectivity index (χ1) is 14.3. The van der Waals surface area contributed by atoms with Crippen molar-refractivity contribution in [2.75, 3.05) is 18.4 Å². The van der Waals surface area contributed by atoms with Gasteiger partial charge in [-0.15, -0.1) is 0 Å². The molecule has 2 aromatic heterocycles. The average molecular weight is 407 g/mol. The van der Waals surface area contributed by atoms with Crippen molar-refractivity contribution < 1.29 is 9.59 Å². The summed E-state index contributed by atoms with van der Waals surface area (Å²) in [5, 5.41) is 9.13. The number of hydrogen-bond acceptors (Lipinski definition) is 4. The number of carbonyl (C=O) groups excluding carboxylic acids is 2. The summed E-state index contributed by atoms with van der Waals surface area (Å²) in [7, 11) is 0. The SMILES string of the molecule is Cc1ccc(C(=O)N2CC(C)CC(C)C2)cc1NC(=O)c1cccn2c(=O)[nH]nc12. The first-order valence-corrected chi connectivity index (χ1v) is 10.1. The number of hydrogen-bond donors (Lipinski definition) is 2. The number of rotatable bonds is 3. The smallest absolute Gasteiger partial charge is 0.338 e. The van der Waals surface area contributed by atoms with Crippen LogP contribution >= 0.6 is 0 Å². The Kier molecular flexibility index (Phi) is 5.15. The van der Waals surface area contributed by atoms with Crippen LogP contribution in [0, 0.1) is 18.8 Å². The third kappa shape index (κ3) is 3.72. The highest BCUT2D eigenvalue weighted by Crippen LogP contribution is 2.24. The quantitative estimate of drug-likeness (QED) is 0.697. The van der Waals surface area contributed by atoms with E-state index < -0.39 is 11.6 Å². The van der Waals surface area contributed by atoms with Gasteiger partial charge >= 0.3 is 5.69 Å². The number of carbonyl (C=O) groups is 2. The Morgan fingerprint density at radius 2 is 1.90 bits per heavy atom. The van der Waals surface area contributed by atoms with Gasteiger partial charge in [0, 0.05) is 30.5 Å². The molecular formula is C22H25N5O3. The third-order valence-electron chi connectivity index (χ3n) is 5.58. The number of anilines is 1. The number of amides is 2. The highest BCUT2D eigenvalue weighted by atomic mass is 16.2. The molecule has 0 radical (unpaired) electrons. The number of aryl methyl sites for hydroxylation is 1.